The van der Waals surface area contributed by atoms with Gasteiger partial charge in [0.15, 0.2) is 15.0 Å². The molecule has 0 aliphatic carbocycles. The minimum atomic E-state index is -3.35. The van der Waals surface area contributed by atoms with Crippen molar-refractivity contribution in [2.24, 2.45) is 0 Å². The molecular weight excluding hydrogens is 392 g/mol. The number of aryl methyl sites for hydroxylation is 2. The second-order valence-electron chi connectivity index (χ2n) is 6.73. The molecule has 1 amide bonds. The highest BCUT2D eigenvalue weighted by Crippen LogP contribution is 2.28. The fraction of sp³-hybridized carbons (Fsp3) is 0.238. The van der Waals surface area contributed by atoms with Gasteiger partial charge in [-0.15, -0.1) is 11.3 Å². The zero-order valence-corrected chi connectivity index (χ0v) is 17.4. The first-order chi connectivity index (χ1) is 13.3. The molecule has 3 aromatic rings. The summed E-state index contributed by atoms with van der Waals surface area (Å²) in [6, 6.07) is 15.1. The first kappa shape index (κ1) is 20.2. The lowest BCUT2D eigenvalue weighted by atomic mass is 10.0. The van der Waals surface area contributed by atoms with E-state index in [1.165, 1.54) is 11.3 Å². The summed E-state index contributed by atoms with van der Waals surface area (Å²) in [6.45, 7) is 4.04. The number of amides is 1. The molecule has 1 N–H and O–H groups in total. The van der Waals surface area contributed by atoms with Crippen LogP contribution in [0, 0.1) is 13.8 Å². The van der Waals surface area contributed by atoms with Crippen LogP contribution in [0.15, 0.2) is 53.9 Å². The normalized spacial score (nSPS) is 11.4. The summed E-state index contributed by atoms with van der Waals surface area (Å²) in [5.74, 6) is -0.600. The molecule has 7 heteroatoms. The number of carbonyl (C=O) groups excluding carboxylic acids is 1. The van der Waals surface area contributed by atoms with E-state index < -0.39 is 9.84 Å². The molecule has 5 nitrogen and oxygen atoms in total. The van der Waals surface area contributed by atoms with Crippen LogP contribution in [-0.4, -0.2) is 25.1 Å². The number of carbonyl (C=O) groups is 1. The van der Waals surface area contributed by atoms with Crippen LogP contribution in [0.2, 0.25) is 0 Å². The number of sulfone groups is 1. The van der Waals surface area contributed by atoms with Crippen molar-refractivity contribution in [1.82, 2.24) is 4.98 Å². The molecule has 0 radical (unpaired) electrons. The lowest BCUT2D eigenvalue weighted by molar-refractivity contribution is -0.115. The molecule has 0 saturated carbocycles. The van der Waals surface area contributed by atoms with Gasteiger partial charge in [0, 0.05) is 17.4 Å². The highest BCUT2D eigenvalue weighted by Gasteiger charge is 2.16. The number of anilines is 1. The fourth-order valence-corrected chi connectivity index (χ4v) is 4.86. The van der Waals surface area contributed by atoms with E-state index in [-0.39, 0.29) is 23.8 Å². The maximum atomic E-state index is 12.2. The second kappa shape index (κ2) is 8.67. The van der Waals surface area contributed by atoms with E-state index in [2.05, 4.69) is 16.4 Å². The predicted molar refractivity (Wildman–Crippen MR) is 114 cm³/mol. The summed E-state index contributed by atoms with van der Waals surface area (Å²) >= 11 is 1.33. The van der Waals surface area contributed by atoms with Crippen molar-refractivity contribution in [3.63, 3.8) is 0 Å². The van der Waals surface area contributed by atoms with Crippen LogP contribution in [-0.2, 0) is 20.4 Å². The zero-order valence-electron chi connectivity index (χ0n) is 15.8. The Balaban J connectivity index is 1.58. The number of nitrogens with zero attached hydrogens (tertiary/aromatic N) is 1. The first-order valence-electron chi connectivity index (χ1n) is 8.90. The zero-order chi connectivity index (χ0) is 20.1. The summed E-state index contributed by atoms with van der Waals surface area (Å²) in [5.41, 5.74) is 4.81. The standard InChI is InChI=1S/C21H22N2O3S2/c1-15-8-9-16(2)18(12-15)19-13-27-21(22-19)23-20(24)10-11-28(25,26)14-17-6-4-3-5-7-17/h3-9,12-13H,10-11,14H2,1-2H3,(H,22,23,24). The van der Waals surface area contributed by atoms with Crippen LogP contribution >= 0.6 is 11.3 Å². The lowest BCUT2D eigenvalue weighted by Gasteiger charge is -2.05. The fourth-order valence-electron chi connectivity index (χ4n) is 2.80. The summed E-state index contributed by atoms with van der Waals surface area (Å²) in [7, 11) is -3.35. The molecule has 0 saturated heterocycles. The highest BCUT2D eigenvalue weighted by atomic mass is 32.2. The Hall–Kier alpha value is -2.51. The monoisotopic (exact) mass is 414 g/mol. The van der Waals surface area contributed by atoms with Crippen LogP contribution < -0.4 is 5.32 Å². The average Bonchev–Trinajstić information content (AvgIpc) is 3.11. The molecule has 3 rings (SSSR count). The van der Waals surface area contributed by atoms with Gasteiger partial charge in [-0.25, -0.2) is 13.4 Å². The smallest absolute Gasteiger partial charge is 0.227 e. The van der Waals surface area contributed by atoms with Gasteiger partial charge in [0.1, 0.15) is 0 Å². The van der Waals surface area contributed by atoms with E-state index in [0.717, 1.165) is 27.9 Å². The van der Waals surface area contributed by atoms with E-state index in [1.54, 1.807) is 24.3 Å². The SMILES string of the molecule is Cc1ccc(C)c(-c2csc(NC(=O)CCS(=O)(=O)Cc3ccccc3)n2)c1. The summed E-state index contributed by atoms with van der Waals surface area (Å²) in [5, 5.41) is 5.07. The number of nitrogens with one attached hydrogen (secondary N) is 1. The Morgan fingerprint density at radius 3 is 2.61 bits per heavy atom. The van der Waals surface area contributed by atoms with Crippen LogP contribution in [0.3, 0.4) is 0 Å². The number of thiazole rings is 1. The average molecular weight is 415 g/mol. The van der Waals surface area contributed by atoms with Crippen molar-refractivity contribution in [1.29, 1.82) is 0 Å². The van der Waals surface area contributed by atoms with Gasteiger partial charge in [-0.05, 0) is 31.0 Å². The van der Waals surface area contributed by atoms with Gasteiger partial charge in [-0.1, -0.05) is 48.0 Å². The molecule has 1 aromatic heterocycles. The molecular formula is C21H22N2O3S2. The van der Waals surface area contributed by atoms with Crippen molar-refractivity contribution in [2.45, 2.75) is 26.0 Å². The maximum absolute atomic E-state index is 12.2. The quantitative estimate of drug-likeness (QED) is 0.623. The molecule has 0 aliphatic heterocycles. The molecule has 2 aromatic carbocycles. The van der Waals surface area contributed by atoms with Gasteiger partial charge in [0.25, 0.3) is 0 Å². The Kier molecular flexibility index (Phi) is 6.26. The maximum Gasteiger partial charge on any atom is 0.227 e. The first-order valence-corrected chi connectivity index (χ1v) is 11.6. The molecule has 0 unspecified atom stereocenters. The van der Waals surface area contributed by atoms with Gasteiger partial charge in [-0.3, -0.25) is 4.79 Å². The topological polar surface area (TPSA) is 76.1 Å². The van der Waals surface area contributed by atoms with E-state index in [0.29, 0.717) is 5.13 Å². The van der Waals surface area contributed by atoms with Crippen molar-refractivity contribution < 1.29 is 13.2 Å². The number of aromatic nitrogens is 1. The minimum Gasteiger partial charge on any atom is -0.302 e. The largest absolute Gasteiger partial charge is 0.302 e. The molecule has 28 heavy (non-hydrogen) atoms. The van der Waals surface area contributed by atoms with Crippen molar-refractivity contribution in [3.8, 4) is 11.3 Å². The number of rotatable bonds is 7. The van der Waals surface area contributed by atoms with Crippen LogP contribution in [0.1, 0.15) is 23.1 Å². The van der Waals surface area contributed by atoms with Gasteiger partial charge < -0.3 is 5.32 Å². The van der Waals surface area contributed by atoms with Crippen LogP contribution in [0.4, 0.5) is 5.13 Å². The highest BCUT2D eigenvalue weighted by molar-refractivity contribution is 7.90. The molecule has 0 spiro atoms. The van der Waals surface area contributed by atoms with Crippen molar-refractivity contribution >= 4 is 32.2 Å². The van der Waals surface area contributed by atoms with E-state index in [4.69, 9.17) is 0 Å². The van der Waals surface area contributed by atoms with Crippen molar-refractivity contribution in [2.75, 3.05) is 11.1 Å². The third-order valence-corrected chi connectivity index (χ3v) is 6.65. The van der Waals surface area contributed by atoms with Gasteiger partial charge in [-0.2, -0.15) is 0 Å². The molecule has 1 heterocycles. The molecule has 0 bridgehead atoms. The van der Waals surface area contributed by atoms with Crippen molar-refractivity contribution in [3.05, 3.63) is 70.6 Å². The van der Waals surface area contributed by atoms with Gasteiger partial charge >= 0.3 is 0 Å². The summed E-state index contributed by atoms with van der Waals surface area (Å²) in [6.07, 6.45) is -0.0897. The Morgan fingerprint density at radius 1 is 1.11 bits per heavy atom. The number of hydrogen-bond donors (Lipinski definition) is 1. The van der Waals surface area contributed by atoms with E-state index in [9.17, 15) is 13.2 Å². The van der Waals surface area contributed by atoms with Gasteiger partial charge in [0.05, 0.1) is 17.2 Å². The minimum absolute atomic E-state index is 0.0604. The third-order valence-electron chi connectivity index (χ3n) is 4.29. The number of hydrogen-bond acceptors (Lipinski definition) is 5. The Labute approximate surface area is 169 Å². The summed E-state index contributed by atoms with van der Waals surface area (Å²) < 4.78 is 24.4. The van der Waals surface area contributed by atoms with E-state index >= 15 is 0 Å². The van der Waals surface area contributed by atoms with Crippen LogP contribution in [0.5, 0.6) is 0 Å². The van der Waals surface area contributed by atoms with Crippen LogP contribution in [0.25, 0.3) is 11.3 Å². The number of benzene rings is 2. The second-order valence-corrected chi connectivity index (χ2v) is 9.77. The lowest BCUT2D eigenvalue weighted by Crippen LogP contribution is -2.18. The molecule has 0 atom stereocenters. The van der Waals surface area contributed by atoms with Gasteiger partial charge in [0.2, 0.25) is 5.91 Å². The molecule has 0 aliphatic rings. The Morgan fingerprint density at radius 2 is 1.86 bits per heavy atom. The Bertz CT molecular complexity index is 1070. The van der Waals surface area contributed by atoms with E-state index in [1.807, 2.05) is 37.4 Å². The molecule has 146 valence electrons. The third kappa shape index (κ3) is 5.50. The summed E-state index contributed by atoms with van der Waals surface area (Å²) in [4.78, 5) is 16.6. The predicted octanol–water partition coefficient (Wildman–Crippen LogP) is 4.37. The molecule has 0 fully saturated rings.